The van der Waals surface area contributed by atoms with Gasteiger partial charge in [-0.15, -0.1) is 0 Å². The van der Waals surface area contributed by atoms with Gasteiger partial charge < -0.3 is 20.3 Å². The summed E-state index contributed by atoms with van der Waals surface area (Å²) in [5.41, 5.74) is 0.943. The van der Waals surface area contributed by atoms with Crippen LogP contribution in [0.15, 0.2) is 29.3 Å². The van der Waals surface area contributed by atoms with E-state index in [0.29, 0.717) is 12.5 Å². The molecule has 2 N–H and O–H groups in total. The zero-order valence-electron chi connectivity index (χ0n) is 15.6. The van der Waals surface area contributed by atoms with Crippen LogP contribution >= 0.6 is 0 Å². The van der Waals surface area contributed by atoms with Crippen LogP contribution < -0.4 is 15.4 Å². The van der Waals surface area contributed by atoms with Gasteiger partial charge in [0.05, 0.1) is 0 Å². The Morgan fingerprint density at radius 3 is 2.56 bits per heavy atom. The molecule has 1 saturated carbocycles. The summed E-state index contributed by atoms with van der Waals surface area (Å²) in [6.07, 6.45) is -0.403. The molecular weight excluding hydrogens is 357 g/mol. The highest BCUT2D eigenvalue weighted by Gasteiger charge is 2.34. The molecule has 3 rings (SSSR count). The topological polar surface area (TPSA) is 48.9 Å². The summed E-state index contributed by atoms with van der Waals surface area (Å²) in [6.45, 7) is 2.52. The number of nitrogens with zero attached hydrogens (tertiary/aromatic N) is 2. The highest BCUT2D eigenvalue weighted by molar-refractivity contribution is 5.79. The number of hydrogen-bond donors (Lipinski definition) is 2. The van der Waals surface area contributed by atoms with E-state index in [2.05, 4.69) is 20.5 Å². The predicted molar refractivity (Wildman–Crippen MR) is 98.9 cm³/mol. The van der Waals surface area contributed by atoms with Crippen LogP contribution in [-0.2, 0) is 6.54 Å². The number of rotatable bonds is 7. The first-order valence-electron chi connectivity index (χ1n) is 9.40. The molecule has 1 aliphatic heterocycles. The number of aliphatic imine (C=N–C) groups is 1. The molecule has 2 fully saturated rings. The number of alkyl halides is 3. The summed E-state index contributed by atoms with van der Waals surface area (Å²) in [7, 11) is 1.73. The Morgan fingerprint density at radius 2 is 1.93 bits per heavy atom. The molecule has 0 radical (unpaired) electrons. The number of ether oxygens (including phenoxy) is 1. The normalized spacial score (nSPS) is 21.3. The Hall–Kier alpha value is -1.96. The smallest absolute Gasteiger partial charge is 0.422 e. The second-order valence-electron chi connectivity index (χ2n) is 7.24. The van der Waals surface area contributed by atoms with Gasteiger partial charge in [0.25, 0.3) is 0 Å². The van der Waals surface area contributed by atoms with Crippen molar-refractivity contribution >= 4 is 5.96 Å². The molecule has 1 atom stereocenters. The van der Waals surface area contributed by atoms with Gasteiger partial charge in [0.15, 0.2) is 12.6 Å². The first-order chi connectivity index (χ1) is 12.9. The van der Waals surface area contributed by atoms with Gasteiger partial charge in [-0.2, -0.15) is 13.2 Å². The first kappa shape index (κ1) is 19.8. The lowest BCUT2D eigenvalue weighted by Gasteiger charge is -2.17. The largest absolute Gasteiger partial charge is 0.484 e. The third-order valence-corrected chi connectivity index (χ3v) is 4.95. The van der Waals surface area contributed by atoms with Crippen LogP contribution in [0.3, 0.4) is 0 Å². The minimum atomic E-state index is -4.33. The molecule has 150 valence electrons. The fraction of sp³-hybridized carbons (Fsp3) is 0.632. The first-order valence-corrected chi connectivity index (χ1v) is 9.40. The van der Waals surface area contributed by atoms with Crippen molar-refractivity contribution in [3.05, 3.63) is 29.8 Å². The van der Waals surface area contributed by atoms with E-state index in [-0.39, 0.29) is 5.75 Å². The summed E-state index contributed by atoms with van der Waals surface area (Å²) < 4.78 is 41.2. The second-order valence-corrected chi connectivity index (χ2v) is 7.24. The van der Waals surface area contributed by atoms with Crippen LogP contribution in [0, 0.1) is 5.92 Å². The number of likely N-dealkylation sites (tertiary alicyclic amines) is 1. The number of nitrogens with one attached hydrogen (secondary N) is 2. The van der Waals surface area contributed by atoms with Crippen molar-refractivity contribution in [2.24, 2.45) is 10.9 Å². The van der Waals surface area contributed by atoms with E-state index in [1.807, 2.05) is 0 Å². The molecular formula is C19H27F3N4O. The maximum atomic E-state index is 12.2. The third kappa shape index (κ3) is 6.61. The molecule has 1 aromatic carbocycles. The molecule has 0 amide bonds. The van der Waals surface area contributed by atoms with Gasteiger partial charge >= 0.3 is 6.18 Å². The molecule has 2 aliphatic rings. The summed E-state index contributed by atoms with van der Waals surface area (Å²) in [5, 5.41) is 6.61. The third-order valence-electron chi connectivity index (χ3n) is 4.95. The van der Waals surface area contributed by atoms with Gasteiger partial charge in [-0.3, -0.25) is 4.99 Å². The molecule has 0 bridgehead atoms. The monoisotopic (exact) mass is 384 g/mol. The van der Waals surface area contributed by atoms with Crippen molar-refractivity contribution in [1.82, 2.24) is 15.5 Å². The van der Waals surface area contributed by atoms with Gasteiger partial charge in [0.1, 0.15) is 5.75 Å². The Kier molecular flexibility index (Phi) is 6.46. The van der Waals surface area contributed by atoms with Crippen molar-refractivity contribution in [1.29, 1.82) is 0 Å². The van der Waals surface area contributed by atoms with Crippen LogP contribution in [0.25, 0.3) is 0 Å². The fourth-order valence-electron chi connectivity index (χ4n) is 3.32. The quantitative estimate of drug-likeness (QED) is 0.561. The number of halogens is 3. The van der Waals surface area contributed by atoms with E-state index in [0.717, 1.165) is 30.7 Å². The van der Waals surface area contributed by atoms with Gasteiger partial charge in [-0.25, -0.2) is 0 Å². The van der Waals surface area contributed by atoms with E-state index in [9.17, 15) is 13.2 Å². The molecule has 5 nitrogen and oxygen atoms in total. The summed E-state index contributed by atoms with van der Waals surface area (Å²) in [6, 6.07) is 7.41. The van der Waals surface area contributed by atoms with Crippen LogP contribution in [0.2, 0.25) is 0 Å². The van der Waals surface area contributed by atoms with E-state index in [1.54, 1.807) is 31.3 Å². The van der Waals surface area contributed by atoms with Gasteiger partial charge in [-0.1, -0.05) is 12.1 Å². The highest BCUT2D eigenvalue weighted by Crippen LogP contribution is 2.31. The lowest BCUT2D eigenvalue weighted by atomic mass is 10.1. The maximum Gasteiger partial charge on any atom is 0.422 e. The number of guanidine groups is 1. The van der Waals surface area contributed by atoms with Crippen LogP contribution in [0.4, 0.5) is 13.2 Å². The Balaban J connectivity index is 1.37. The lowest BCUT2D eigenvalue weighted by Crippen LogP contribution is -2.40. The number of benzene rings is 1. The Labute approximate surface area is 158 Å². The second kappa shape index (κ2) is 8.82. The van der Waals surface area contributed by atoms with E-state index in [1.165, 1.54) is 25.8 Å². The highest BCUT2D eigenvalue weighted by atomic mass is 19.4. The van der Waals surface area contributed by atoms with Crippen molar-refractivity contribution in [2.45, 2.75) is 38.0 Å². The lowest BCUT2D eigenvalue weighted by molar-refractivity contribution is -0.153. The molecule has 1 unspecified atom stereocenters. The van der Waals surface area contributed by atoms with Crippen molar-refractivity contribution in [3.8, 4) is 5.75 Å². The summed E-state index contributed by atoms with van der Waals surface area (Å²) in [4.78, 5) is 6.82. The molecule has 1 aromatic rings. The van der Waals surface area contributed by atoms with Crippen molar-refractivity contribution < 1.29 is 17.9 Å². The van der Waals surface area contributed by atoms with Crippen LogP contribution in [0.5, 0.6) is 5.75 Å². The maximum absolute atomic E-state index is 12.2. The molecule has 1 heterocycles. The van der Waals surface area contributed by atoms with E-state index in [4.69, 9.17) is 4.74 Å². The molecule has 1 saturated heterocycles. The fourth-order valence-corrected chi connectivity index (χ4v) is 3.32. The molecule has 27 heavy (non-hydrogen) atoms. The van der Waals surface area contributed by atoms with Crippen molar-refractivity contribution in [3.63, 3.8) is 0 Å². The van der Waals surface area contributed by atoms with E-state index >= 15 is 0 Å². The zero-order valence-corrected chi connectivity index (χ0v) is 15.6. The van der Waals surface area contributed by atoms with Crippen LogP contribution in [-0.4, -0.2) is 56.4 Å². The standard InChI is InChI=1S/C19H27F3N4O/c1-23-18(25-11-15-8-9-26(12-15)16-4-5-16)24-10-14-2-6-17(7-3-14)27-13-19(20,21)22/h2-3,6-7,15-16H,4-5,8-13H2,1H3,(H2,23,24,25). The predicted octanol–water partition coefficient (Wildman–Crippen LogP) is 2.78. The molecule has 0 spiro atoms. The Morgan fingerprint density at radius 1 is 1.19 bits per heavy atom. The average Bonchev–Trinajstić information content (AvgIpc) is 3.39. The number of hydrogen-bond acceptors (Lipinski definition) is 3. The van der Waals surface area contributed by atoms with Crippen LogP contribution in [0.1, 0.15) is 24.8 Å². The molecule has 0 aromatic heterocycles. The summed E-state index contributed by atoms with van der Waals surface area (Å²) in [5.74, 6) is 1.59. The molecule has 8 heteroatoms. The van der Waals surface area contributed by atoms with Gasteiger partial charge in [0.2, 0.25) is 0 Å². The SMILES string of the molecule is CN=C(NCc1ccc(OCC(F)(F)F)cc1)NCC1CCN(C2CC2)C1. The average molecular weight is 384 g/mol. The van der Waals surface area contributed by atoms with Gasteiger partial charge in [-0.05, 0) is 49.4 Å². The van der Waals surface area contributed by atoms with Gasteiger partial charge in [0, 0.05) is 32.7 Å². The zero-order chi connectivity index (χ0) is 19.3. The minimum absolute atomic E-state index is 0.208. The summed E-state index contributed by atoms with van der Waals surface area (Å²) >= 11 is 0. The van der Waals surface area contributed by atoms with E-state index < -0.39 is 12.8 Å². The van der Waals surface area contributed by atoms with Crippen molar-refractivity contribution in [2.75, 3.05) is 33.3 Å². The molecule has 1 aliphatic carbocycles. The minimum Gasteiger partial charge on any atom is -0.484 e. The Bertz CT molecular complexity index is 629.